The number of benzene rings is 2. The lowest BCUT2D eigenvalue weighted by molar-refractivity contribution is -0.120. The van der Waals surface area contributed by atoms with Gasteiger partial charge in [0.15, 0.2) is 0 Å². The van der Waals surface area contributed by atoms with E-state index in [9.17, 15) is 9.59 Å². The zero-order valence-electron chi connectivity index (χ0n) is 14.2. The third-order valence-electron chi connectivity index (χ3n) is 3.25. The first-order chi connectivity index (χ1) is 12.0. The summed E-state index contributed by atoms with van der Waals surface area (Å²) >= 11 is 0. The fraction of sp³-hybridized carbons (Fsp3) is 0.222. The van der Waals surface area contributed by atoms with Crippen LogP contribution in [0.5, 0.6) is 11.5 Å². The molecule has 0 aliphatic carbocycles. The Hall–Kier alpha value is -2.96. The Kier molecular flexibility index (Phi) is 6.89. The fourth-order valence-corrected chi connectivity index (χ4v) is 2.05. The van der Waals surface area contributed by atoms with Gasteiger partial charge < -0.3 is 19.9 Å². The molecular formula is C18H20BN2O4. The van der Waals surface area contributed by atoms with Crippen molar-refractivity contribution in [2.24, 2.45) is 0 Å². The van der Waals surface area contributed by atoms with Gasteiger partial charge in [0.1, 0.15) is 11.5 Å². The van der Waals surface area contributed by atoms with Crippen LogP contribution in [0.3, 0.4) is 0 Å². The minimum Gasteiger partial charge on any atom is -0.526 e. The molecule has 2 N–H and O–H groups in total. The molecule has 0 unspecified atom stereocenters. The molecule has 7 heteroatoms. The highest BCUT2D eigenvalue weighted by molar-refractivity contribution is 6.20. The summed E-state index contributed by atoms with van der Waals surface area (Å²) in [6.07, 6.45) is 0. The van der Waals surface area contributed by atoms with E-state index in [-0.39, 0.29) is 11.8 Å². The summed E-state index contributed by atoms with van der Waals surface area (Å²) < 4.78 is 10.9. The maximum atomic E-state index is 11.0. The van der Waals surface area contributed by atoms with Crippen molar-refractivity contribution in [1.82, 2.24) is 10.6 Å². The van der Waals surface area contributed by atoms with Crippen molar-refractivity contribution in [1.29, 1.82) is 0 Å². The lowest BCUT2D eigenvalue weighted by atomic mass is 10.2. The van der Waals surface area contributed by atoms with Crippen LogP contribution in [0.1, 0.15) is 25.0 Å². The van der Waals surface area contributed by atoms with Crippen molar-refractivity contribution in [3.05, 3.63) is 59.7 Å². The van der Waals surface area contributed by atoms with E-state index in [1.807, 2.05) is 36.4 Å². The second-order valence-electron chi connectivity index (χ2n) is 5.45. The minimum absolute atomic E-state index is 0.0830. The van der Waals surface area contributed by atoms with Crippen LogP contribution in [0, 0.1) is 0 Å². The first kappa shape index (κ1) is 18.4. The van der Waals surface area contributed by atoms with E-state index in [0.717, 1.165) is 11.1 Å². The molecule has 0 heterocycles. The third-order valence-corrected chi connectivity index (χ3v) is 3.25. The molecule has 0 saturated heterocycles. The Labute approximate surface area is 147 Å². The Morgan fingerprint density at radius 3 is 1.68 bits per heavy atom. The number of nitrogens with one attached hydrogen (secondary N) is 2. The fourth-order valence-electron chi connectivity index (χ4n) is 2.05. The number of carbonyl (C=O) groups excluding carboxylic acids is 2. The standard InChI is InChI=1S/C18H20BN2O4/c1-13(22)20-11-15-5-3-7-17(9-15)24-19-25-18-8-4-6-16(10-18)12-21-14(2)23/h3-10H,11-12H2,1-2H3,(H,20,22)(H,21,23). The summed E-state index contributed by atoms with van der Waals surface area (Å²) in [7, 11) is 1.25. The predicted octanol–water partition coefficient (Wildman–Crippen LogP) is 1.95. The Bertz CT molecular complexity index is 675. The molecule has 0 fully saturated rings. The Morgan fingerprint density at radius 1 is 0.840 bits per heavy atom. The van der Waals surface area contributed by atoms with Gasteiger partial charge in [-0.3, -0.25) is 9.59 Å². The summed E-state index contributed by atoms with van der Waals surface area (Å²) in [5.74, 6) is 1.05. The van der Waals surface area contributed by atoms with Gasteiger partial charge in [0.25, 0.3) is 0 Å². The number of hydrogen-bond acceptors (Lipinski definition) is 4. The molecule has 129 valence electrons. The molecule has 2 rings (SSSR count). The summed E-state index contributed by atoms with van der Waals surface area (Å²) in [4.78, 5) is 21.9. The zero-order chi connectivity index (χ0) is 18.1. The Balaban J connectivity index is 1.84. The van der Waals surface area contributed by atoms with Crippen LogP contribution < -0.4 is 19.9 Å². The normalized spacial score (nSPS) is 9.84. The highest BCUT2D eigenvalue weighted by Gasteiger charge is 2.04. The molecule has 0 aromatic heterocycles. The molecule has 2 aromatic rings. The van der Waals surface area contributed by atoms with E-state index in [1.54, 1.807) is 12.1 Å². The van der Waals surface area contributed by atoms with Gasteiger partial charge in [-0.2, -0.15) is 0 Å². The van der Waals surface area contributed by atoms with Gasteiger partial charge in [-0.05, 0) is 35.4 Å². The molecule has 2 amide bonds. The maximum absolute atomic E-state index is 11.0. The molecule has 6 nitrogen and oxygen atoms in total. The topological polar surface area (TPSA) is 76.7 Å². The molecule has 2 aromatic carbocycles. The van der Waals surface area contributed by atoms with Crippen LogP contribution >= 0.6 is 0 Å². The average Bonchev–Trinajstić information content (AvgIpc) is 2.59. The van der Waals surface area contributed by atoms with E-state index in [4.69, 9.17) is 9.31 Å². The van der Waals surface area contributed by atoms with Gasteiger partial charge in [-0.1, -0.05) is 24.3 Å². The highest BCUT2D eigenvalue weighted by Crippen LogP contribution is 2.15. The second-order valence-corrected chi connectivity index (χ2v) is 5.45. The lowest BCUT2D eigenvalue weighted by Gasteiger charge is -2.09. The van der Waals surface area contributed by atoms with Gasteiger partial charge in [0, 0.05) is 26.9 Å². The van der Waals surface area contributed by atoms with Crippen LogP contribution in [0.25, 0.3) is 0 Å². The van der Waals surface area contributed by atoms with E-state index in [2.05, 4.69) is 10.6 Å². The number of rotatable bonds is 8. The summed E-state index contributed by atoms with van der Waals surface area (Å²) in [6, 6.07) is 14.7. The van der Waals surface area contributed by atoms with E-state index < -0.39 is 0 Å². The molecule has 1 radical (unpaired) electrons. The number of hydrogen-bond donors (Lipinski definition) is 2. The zero-order valence-corrected chi connectivity index (χ0v) is 14.2. The van der Waals surface area contributed by atoms with E-state index >= 15 is 0 Å². The molecule has 0 saturated carbocycles. The van der Waals surface area contributed by atoms with Crippen molar-refractivity contribution in [3.8, 4) is 11.5 Å². The number of amides is 2. The van der Waals surface area contributed by atoms with Gasteiger partial charge in [0.2, 0.25) is 11.8 Å². The first-order valence-electron chi connectivity index (χ1n) is 7.84. The van der Waals surface area contributed by atoms with Crippen LogP contribution in [0.15, 0.2) is 48.5 Å². The van der Waals surface area contributed by atoms with Crippen molar-refractivity contribution in [2.45, 2.75) is 26.9 Å². The lowest BCUT2D eigenvalue weighted by Crippen LogP contribution is -2.19. The molecule has 0 spiro atoms. The van der Waals surface area contributed by atoms with Gasteiger partial charge >= 0.3 is 7.69 Å². The van der Waals surface area contributed by atoms with Crippen LogP contribution in [-0.2, 0) is 22.7 Å². The van der Waals surface area contributed by atoms with Crippen LogP contribution in [0.4, 0.5) is 0 Å². The van der Waals surface area contributed by atoms with Crippen LogP contribution in [0.2, 0.25) is 0 Å². The average molecular weight is 339 g/mol. The second kappa shape index (κ2) is 9.37. The van der Waals surface area contributed by atoms with Gasteiger partial charge in [0.05, 0.1) is 0 Å². The van der Waals surface area contributed by atoms with Crippen molar-refractivity contribution < 1.29 is 18.9 Å². The summed E-state index contributed by atoms with van der Waals surface area (Å²) in [5, 5.41) is 5.46. The Morgan fingerprint density at radius 2 is 1.28 bits per heavy atom. The minimum atomic E-state index is -0.0830. The molecule has 0 aliphatic rings. The smallest absolute Gasteiger partial charge is 0.526 e. The largest absolute Gasteiger partial charge is 0.658 e. The van der Waals surface area contributed by atoms with Crippen molar-refractivity contribution in [2.75, 3.05) is 0 Å². The molecule has 0 aliphatic heterocycles. The van der Waals surface area contributed by atoms with E-state index in [0.29, 0.717) is 24.6 Å². The molecule has 25 heavy (non-hydrogen) atoms. The maximum Gasteiger partial charge on any atom is 0.658 e. The predicted molar refractivity (Wildman–Crippen MR) is 94.9 cm³/mol. The molecule has 0 atom stereocenters. The molecule has 0 bridgehead atoms. The highest BCUT2D eigenvalue weighted by atomic mass is 16.6. The number of carbonyl (C=O) groups is 2. The van der Waals surface area contributed by atoms with Crippen molar-refractivity contribution in [3.63, 3.8) is 0 Å². The molecular weight excluding hydrogens is 319 g/mol. The SMILES string of the molecule is CC(=O)NCc1cccc(O[B]Oc2cccc(CNC(C)=O)c2)c1. The summed E-state index contributed by atoms with van der Waals surface area (Å²) in [5.41, 5.74) is 1.86. The van der Waals surface area contributed by atoms with Gasteiger partial charge in [-0.15, -0.1) is 0 Å². The first-order valence-corrected chi connectivity index (χ1v) is 7.84. The third kappa shape index (κ3) is 6.99. The monoisotopic (exact) mass is 339 g/mol. The summed E-state index contributed by atoms with van der Waals surface area (Å²) in [6.45, 7) is 3.83. The quantitative estimate of drug-likeness (QED) is 0.721. The van der Waals surface area contributed by atoms with Crippen molar-refractivity contribution >= 4 is 19.5 Å². The van der Waals surface area contributed by atoms with E-state index in [1.165, 1.54) is 21.5 Å². The van der Waals surface area contributed by atoms with Crippen LogP contribution in [-0.4, -0.2) is 19.5 Å². The van der Waals surface area contributed by atoms with Gasteiger partial charge in [-0.25, -0.2) is 0 Å².